The highest BCUT2D eigenvalue weighted by atomic mass is 16.1. The second-order valence-corrected chi connectivity index (χ2v) is 4.41. The molecule has 0 aliphatic rings. The quantitative estimate of drug-likeness (QED) is 0.440. The molecule has 2 nitrogen and oxygen atoms in total. The van der Waals surface area contributed by atoms with Gasteiger partial charge in [0.1, 0.15) is 6.29 Å². The Bertz CT molecular complexity index is 446. The van der Waals surface area contributed by atoms with Crippen molar-refractivity contribution >= 4 is 12.0 Å². The van der Waals surface area contributed by atoms with Crippen LogP contribution in [0.5, 0.6) is 0 Å². The van der Waals surface area contributed by atoms with Gasteiger partial charge < -0.3 is 5.41 Å². The number of carbonyl (C=O) groups excluding carboxylic acids is 1. The van der Waals surface area contributed by atoms with Gasteiger partial charge >= 0.3 is 0 Å². The van der Waals surface area contributed by atoms with Crippen molar-refractivity contribution in [3.63, 3.8) is 0 Å². The number of benzene rings is 1. The van der Waals surface area contributed by atoms with Gasteiger partial charge in [0.15, 0.2) is 0 Å². The van der Waals surface area contributed by atoms with Crippen LogP contribution in [0.3, 0.4) is 0 Å². The van der Waals surface area contributed by atoms with Crippen molar-refractivity contribution in [3.8, 4) is 0 Å². The highest BCUT2D eigenvalue weighted by molar-refractivity contribution is 6.08. The Morgan fingerprint density at radius 3 is 2.72 bits per heavy atom. The van der Waals surface area contributed by atoms with E-state index in [-0.39, 0.29) is 0 Å². The lowest BCUT2D eigenvalue weighted by molar-refractivity contribution is -0.105. The van der Waals surface area contributed by atoms with Gasteiger partial charge in [0.2, 0.25) is 0 Å². The van der Waals surface area contributed by atoms with Gasteiger partial charge in [-0.2, -0.15) is 0 Å². The molecule has 0 atom stereocenters. The molecular weight excluding hydrogens is 222 g/mol. The Balaban J connectivity index is 2.84. The van der Waals surface area contributed by atoms with Crippen molar-refractivity contribution < 1.29 is 4.79 Å². The Morgan fingerprint density at radius 2 is 2.11 bits per heavy atom. The van der Waals surface area contributed by atoms with Crippen LogP contribution in [0.25, 0.3) is 0 Å². The largest absolute Gasteiger partial charge is 0.300 e. The van der Waals surface area contributed by atoms with E-state index in [9.17, 15) is 4.79 Å². The van der Waals surface area contributed by atoms with Crippen LogP contribution in [-0.4, -0.2) is 12.0 Å². The molecule has 0 bridgehead atoms. The third-order valence-electron chi connectivity index (χ3n) is 2.95. The smallest absolute Gasteiger partial charge is 0.146 e. The summed E-state index contributed by atoms with van der Waals surface area (Å²) >= 11 is 0. The van der Waals surface area contributed by atoms with Crippen LogP contribution in [0.2, 0.25) is 0 Å². The van der Waals surface area contributed by atoms with Gasteiger partial charge in [-0.3, -0.25) is 4.79 Å². The van der Waals surface area contributed by atoms with Crippen LogP contribution in [0.4, 0.5) is 0 Å². The van der Waals surface area contributed by atoms with Crippen LogP contribution < -0.4 is 0 Å². The third-order valence-corrected chi connectivity index (χ3v) is 2.95. The minimum absolute atomic E-state index is 0.420. The van der Waals surface area contributed by atoms with Crippen LogP contribution in [-0.2, 0) is 11.2 Å². The summed E-state index contributed by atoms with van der Waals surface area (Å²) in [6.45, 7) is 4.19. The molecule has 0 unspecified atom stereocenters. The normalized spacial score (nSPS) is 11.3. The zero-order valence-electron chi connectivity index (χ0n) is 11.2. The van der Waals surface area contributed by atoms with Crippen LogP contribution in [0.15, 0.2) is 35.9 Å². The van der Waals surface area contributed by atoms with Gasteiger partial charge in [0.05, 0.1) is 5.71 Å². The predicted octanol–water partition coefficient (Wildman–Crippen LogP) is 3.93. The summed E-state index contributed by atoms with van der Waals surface area (Å²) in [5.74, 6) is 0. The SMILES string of the molecule is CCCC/C(C=O)=C\C(=N)c1cccc(CC)c1. The molecule has 0 fully saturated rings. The first kappa shape index (κ1) is 14.4. The van der Waals surface area contributed by atoms with Crippen LogP contribution in [0, 0.1) is 5.41 Å². The van der Waals surface area contributed by atoms with Gasteiger partial charge in [-0.15, -0.1) is 0 Å². The first-order valence-electron chi connectivity index (χ1n) is 6.54. The number of carbonyl (C=O) groups is 1. The van der Waals surface area contributed by atoms with E-state index in [1.165, 1.54) is 5.56 Å². The Hall–Kier alpha value is -1.70. The van der Waals surface area contributed by atoms with E-state index in [4.69, 9.17) is 5.41 Å². The van der Waals surface area contributed by atoms with E-state index < -0.39 is 0 Å². The predicted molar refractivity (Wildman–Crippen MR) is 76.3 cm³/mol. The monoisotopic (exact) mass is 243 g/mol. The molecule has 0 heterocycles. The van der Waals surface area contributed by atoms with E-state index in [1.54, 1.807) is 6.08 Å². The fourth-order valence-electron chi connectivity index (χ4n) is 1.77. The fraction of sp³-hybridized carbons (Fsp3) is 0.375. The van der Waals surface area contributed by atoms with E-state index in [1.807, 2.05) is 18.2 Å². The van der Waals surface area contributed by atoms with E-state index in [0.29, 0.717) is 11.3 Å². The van der Waals surface area contributed by atoms with Crippen molar-refractivity contribution in [1.29, 1.82) is 5.41 Å². The third kappa shape index (κ3) is 4.28. The molecule has 0 aliphatic carbocycles. The number of hydrogen-bond acceptors (Lipinski definition) is 2. The number of aryl methyl sites for hydroxylation is 1. The number of unbranched alkanes of at least 4 members (excludes halogenated alkanes) is 1. The Morgan fingerprint density at radius 1 is 1.33 bits per heavy atom. The zero-order valence-corrected chi connectivity index (χ0v) is 11.2. The summed E-state index contributed by atoms with van der Waals surface area (Å²) in [5, 5.41) is 8.04. The summed E-state index contributed by atoms with van der Waals surface area (Å²) in [7, 11) is 0. The minimum atomic E-state index is 0.420. The molecule has 96 valence electrons. The second kappa shape index (κ2) is 7.59. The van der Waals surface area contributed by atoms with Gasteiger partial charge in [-0.1, -0.05) is 38.5 Å². The van der Waals surface area contributed by atoms with Crippen molar-refractivity contribution in [1.82, 2.24) is 0 Å². The molecule has 18 heavy (non-hydrogen) atoms. The number of aldehydes is 1. The topological polar surface area (TPSA) is 40.9 Å². The maximum atomic E-state index is 10.9. The van der Waals surface area contributed by atoms with Gasteiger partial charge in [0.25, 0.3) is 0 Å². The summed E-state index contributed by atoms with van der Waals surface area (Å²) < 4.78 is 0. The molecule has 2 heteroatoms. The lowest BCUT2D eigenvalue weighted by Crippen LogP contribution is -1.99. The lowest BCUT2D eigenvalue weighted by Gasteiger charge is -2.04. The molecule has 0 saturated heterocycles. The van der Waals surface area contributed by atoms with Gasteiger partial charge in [-0.05, 0) is 48.1 Å². The molecule has 0 spiro atoms. The summed E-state index contributed by atoms with van der Waals surface area (Å²) in [6.07, 6.45) is 6.33. The van der Waals surface area contributed by atoms with E-state index in [0.717, 1.165) is 37.5 Å². The van der Waals surface area contributed by atoms with Crippen molar-refractivity contribution in [2.75, 3.05) is 0 Å². The molecule has 0 radical (unpaired) electrons. The van der Waals surface area contributed by atoms with Crippen molar-refractivity contribution in [2.45, 2.75) is 39.5 Å². The molecule has 0 aliphatic heterocycles. The van der Waals surface area contributed by atoms with Crippen molar-refractivity contribution in [3.05, 3.63) is 47.0 Å². The molecule has 1 aromatic rings. The molecular formula is C16H21NO. The molecule has 0 aromatic heterocycles. The standard InChI is InChI=1S/C16H21NO/c1-3-5-7-14(12-18)11-16(17)15-9-6-8-13(4-2)10-15/h6,8-12,17H,3-5,7H2,1-2H3/b14-11+,17-16?. The molecule has 0 amide bonds. The molecule has 1 aromatic carbocycles. The van der Waals surface area contributed by atoms with Crippen LogP contribution >= 0.6 is 0 Å². The maximum absolute atomic E-state index is 10.9. The Labute approximate surface area is 109 Å². The summed E-state index contributed by atoms with van der Waals surface area (Å²) in [5.41, 5.74) is 3.23. The van der Waals surface area contributed by atoms with E-state index >= 15 is 0 Å². The maximum Gasteiger partial charge on any atom is 0.146 e. The highest BCUT2D eigenvalue weighted by Gasteiger charge is 2.02. The Kier molecular flexibility index (Phi) is 6.06. The second-order valence-electron chi connectivity index (χ2n) is 4.41. The van der Waals surface area contributed by atoms with Gasteiger partial charge in [0, 0.05) is 0 Å². The fourth-order valence-corrected chi connectivity index (χ4v) is 1.77. The number of rotatable bonds is 7. The highest BCUT2D eigenvalue weighted by Crippen LogP contribution is 2.10. The number of nitrogens with one attached hydrogen (secondary N) is 1. The van der Waals surface area contributed by atoms with E-state index in [2.05, 4.69) is 19.9 Å². The lowest BCUT2D eigenvalue weighted by atomic mass is 10.0. The summed E-state index contributed by atoms with van der Waals surface area (Å²) in [4.78, 5) is 10.9. The first-order valence-corrected chi connectivity index (χ1v) is 6.54. The van der Waals surface area contributed by atoms with Crippen LogP contribution in [0.1, 0.15) is 44.2 Å². The zero-order chi connectivity index (χ0) is 13.4. The minimum Gasteiger partial charge on any atom is -0.300 e. The molecule has 1 rings (SSSR count). The molecule has 1 N–H and O–H groups in total. The van der Waals surface area contributed by atoms with Crippen molar-refractivity contribution in [2.24, 2.45) is 0 Å². The summed E-state index contributed by atoms with van der Waals surface area (Å²) in [6, 6.07) is 7.95. The molecule has 0 saturated carbocycles. The number of allylic oxidation sites excluding steroid dienone is 2. The first-order chi connectivity index (χ1) is 8.71. The average Bonchev–Trinajstić information content (AvgIpc) is 2.43. The van der Waals surface area contributed by atoms with Gasteiger partial charge in [-0.25, -0.2) is 0 Å². The number of hydrogen-bond donors (Lipinski definition) is 1. The average molecular weight is 243 g/mol.